The molecule has 1 N–H and O–H groups in total. The molecular formula is C19H9N5. The van der Waals surface area contributed by atoms with Crippen LogP contribution in [0, 0.1) is 34.0 Å². The van der Waals surface area contributed by atoms with Gasteiger partial charge in [-0.05, 0) is 16.3 Å². The Kier molecular flexibility index (Phi) is 2.85. The van der Waals surface area contributed by atoms with Gasteiger partial charge in [0.25, 0.3) is 0 Å². The summed E-state index contributed by atoms with van der Waals surface area (Å²) in [4.78, 5) is 2.88. The fourth-order valence-corrected chi connectivity index (χ4v) is 3.07. The Hall–Kier alpha value is -4.01. The Balaban J connectivity index is 2.12. The molecule has 0 unspecified atom stereocenters. The van der Waals surface area contributed by atoms with Crippen molar-refractivity contribution in [3.8, 4) is 29.3 Å². The summed E-state index contributed by atoms with van der Waals surface area (Å²) in [5, 5.41) is 30.2. The molecule has 0 aliphatic rings. The van der Waals surface area contributed by atoms with Crippen molar-refractivity contribution in [2.75, 3.05) is 0 Å². The van der Waals surface area contributed by atoms with Gasteiger partial charge in [0, 0.05) is 11.8 Å². The first kappa shape index (κ1) is 13.6. The Morgan fingerprint density at radius 3 is 2.38 bits per heavy atom. The number of aromatic amines is 1. The Morgan fingerprint density at radius 2 is 1.62 bits per heavy atom. The van der Waals surface area contributed by atoms with E-state index >= 15 is 0 Å². The van der Waals surface area contributed by atoms with Crippen molar-refractivity contribution in [1.29, 1.82) is 15.8 Å². The molecule has 24 heavy (non-hydrogen) atoms. The summed E-state index contributed by atoms with van der Waals surface area (Å²) in [7, 11) is 0. The second-order valence-corrected chi connectivity index (χ2v) is 5.35. The van der Waals surface area contributed by atoms with Crippen LogP contribution in [0.4, 0.5) is 0 Å². The summed E-state index contributed by atoms with van der Waals surface area (Å²) in [6.07, 6.45) is 1.74. The van der Waals surface area contributed by atoms with Crippen LogP contribution in [0.2, 0.25) is 0 Å². The highest BCUT2D eigenvalue weighted by atomic mass is 15.0. The van der Waals surface area contributed by atoms with E-state index in [1.165, 1.54) is 0 Å². The van der Waals surface area contributed by atoms with E-state index in [1.807, 2.05) is 54.6 Å². The smallest absolute Gasteiger partial charge is 0.160 e. The minimum absolute atomic E-state index is 0.161. The average Bonchev–Trinajstić information content (AvgIpc) is 3.15. The molecule has 4 rings (SSSR count). The van der Waals surface area contributed by atoms with Crippen LogP contribution < -0.4 is 0 Å². The van der Waals surface area contributed by atoms with Crippen molar-refractivity contribution in [3.63, 3.8) is 0 Å². The maximum Gasteiger partial charge on any atom is 0.160 e. The zero-order chi connectivity index (χ0) is 16.7. The number of nitrogens with zero attached hydrogens (tertiary/aromatic N) is 4. The largest absolute Gasteiger partial charge is 0.329 e. The molecule has 2 aromatic carbocycles. The van der Waals surface area contributed by atoms with Crippen LogP contribution in [0.5, 0.6) is 0 Å². The fourth-order valence-electron chi connectivity index (χ4n) is 3.07. The quantitative estimate of drug-likeness (QED) is 0.581. The van der Waals surface area contributed by atoms with Gasteiger partial charge < -0.3 is 4.98 Å². The van der Waals surface area contributed by atoms with E-state index in [0.717, 1.165) is 21.9 Å². The Bertz CT molecular complexity index is 1230. The van der Waals surface area contributed by atoms with Crippen molar-refractivity contribution >= 4 is 16.4 Å². The van der Waals surface area contributed by atoms with Gasteiger partial charge in [0.2, 0.25) is 0 Å². The van der Waals surface area contributed by atoms with Gasteiger partial charge in [0.15, 0.2) is 11.4 Å². The van der Waals surface area contributed by atoms with Crippen LogP contribution in [-0.2, 0) is 0 Å². The third kappa shape index (κ3) is 1.72. The molecule has 5 heteroatoms. The lowest BCUT2D eigenvalue weighted by molar-refractivity contribution is 1.18. The van der Waals surface area contributed by atoms with E-state index in [1.54, 1.807) is 10.6 Å². The molecule has 0 atom stereocenters. The molecule has 0 bridgehead atoms. The van der Waals surface area contributed by atoms with Crippen LogP contribution in [0.15, 0.2) is 48.7 Å². The van der Waals surface area contributed by atoms with Crippen molar-refractivity contribution in [2.45, 2.75) is 0 Å². The summed E-state index contributed by atoms with van der Waals surface area (Å²) in [6.45, 7) is 0. The zero-order valence-corrected chi connectivity index (χ0v) is 12.4. The summed E-state index contributed by atoms with van der Waals surface area (Å²) in [5.41, 5.74) is 2.91. The third-order valence-electron chi connectivity index (χ3n) is 4.14. The van der Waals surface area contributed by atoms with Crippen LogP contribution in [0.3, 0.4) is 0 Å². The molecule has 5 nitrogen and oxygen atoms in total. The summed E-state index contributed by atoms with van der Waals surface area (Å²) >= 11 is 0. The number of benzene rings is 2. The normalized spacial score (nSPS) is 10.4. The number of imidazole rings is 1. The van der Waals surface area contributed by atoms with E-state index in [0.29, 0.717) is 11.2 Å². The molecule has 0 aliphatic carbocycles. The molecule has 2 heterocycles. The van der Waals surface area contributed by atoms with E-state index in [2.05, 4.69) is 11.1 Å². The monoisotopic (exact) mass is 307 g/mol. The minimum Gasteiger partial charge on any atom is -0.329 e. The lowest BCUT2D eigenvalue weighted by Crippen LogP contribution is -1.86. The molecule has 0 saturated heterocycles. The molecule has 0 saturated carbocycles. The molecule has 4 aromatic rings. The number of aromatic nitrogens is 2. The number of nitriles is 3. The summed E-state index contributed by atoms with van der Waals surface area (Å²) < 4.78 is 1.58. The standard InChI is InChI=1S/C19H9N5/c20-8-15-16(11-24-18(10-22)17(9-21)23-19(15)24)14-7-3-5-12-4-1-2-6-13(12)14/h1-7,11,23H. The van der Waals surface area contributed by atoms with Crippen molar-refractivity contribution in [3.05, 3.63) is 65.6 Å². The number of rotatable bonds is 1. The van der Waals surface area contributed by atoms with Crippen LogP contribution in [-0.4, -0.2) is 9.38 Å². The number of H-pyrrole nitrogens is 1. The molecule has 0 amide bonds. The predicted molar refractivity (Wildman–Crippen MR) is 88.8 cm³/mol. The van der Waals surface area contributed by atoms with Gasteiger partial charge in [0.1, 0.15) is 29.4 Å². The van der Waals surface area contributed by atoms with Gasteiger partial charge in [-0.15, -0.1) is 0 Å². The summed E-state index contributed by atoms with van der Waals surface area (Å²) in [5.74, 6) is 0. The van der Waals surface area contributed by atoms with Crippen molar-refractivity contribution in [2.24, 2.45) is 0 Å². The van der Waals surface area contributed by atoms with Gasteiger partial charge in [-0.1, -0.05) is 42.5 Å². The van der Waals surface area contributed by atoms with Crippen LogP contribution in [0.1, 0.15) is 17.0 Å². The van der Waals surface area contributed by atoms with Crippen LogP contribution >= 0.6 is 0 Å². The van der Waals surface area contributed by atoms with E-state index in [-0.39, 0.29) is 11.4 Å². The van der Waals surface area contributed by atoms with Gasteiger partial charge in [0.05, 0.1) is 0 Å². The fraction of sp³-hybridized carbons (Fsp3) is 0. The highest BCUT2D eigenvalue weighted by Crippen LogP contribution is 2.34. The zero-order valence-electron chi connectivity index (χ0n) is 12.4. The van der Waals surface area contributed by atoms with E-state index in [9.17, 15) is 10.5 Å². The second kappa shape index (κ2) is 5.02. The molecule has 0 aliphatic heterocycles. The average molecular weight is 307 g/mol. The first-order valence-corrected chi connectivity index (χ1v) is 7.24. The molecule has 0 fully saturated rings. The Labute approximate surface area is 137 Å². The van der Waals surface area contributed by atoms with Crippen LogP contribution in [0.25, 0.3) is 27.5 Å². The molecular weight excluding hydrogens is 298 g/mol. The molecule has 0 radical (unpaired) electrons. The molecule has 110 valence electrons. The lowest BCUT2D eigenvalue weighted by Gasteiger charge is -2.05. The summed E-state index contributed by atoms with van der Waals surface area (Å²) in [6, 6.07) is 20.0. The molecule has 0 spiro atoms. The lowest BCUT2D eigenvalue weighted by atomic mass is 9.98. The van der Waals surface area contributed by atoms with Crippen molar-refractivity contribution < 1.29 is 0 Å². The Morgan fingerprint density at radius 1 is 0.833 bits per heavy atom. The SMILES string of the molecule is N#Cc1[nH]c2c(C#N)c(-c3cccc4ccccc34)cn2c1C#N. The van der Waals surface area contributed by atoms with Gasteiger partial charge >= 0.3 is 0 Å². The first-order valence-electron chi connectivity index (χ1n) is 7.24. The predicted octanol–water partition coefficient (Wildman–Crippen LogP) is 3.70. The topological polar surface area (TPSA) is 91.6 Å². The van der Waals surface area contributed by atoms with E-state index in [4.69, 9.17) is 5.26 Å². The maximum atomic E-state index is 9.64. The second-order valence-electron chi connectivity index (χ2n) is 5.35. The third-order valence-corrected chi connectivity index (χ3v) is 4.14. The highest BCUT2D eigenvalue weighted by Gasteiger charge is 2.20. The van der Waals surface area contributed by atoms with E-state index < -0.39 is 0 Å². The first-order chi connectivity index (χ1) is 11.8. The minimum atomic E-state index is 0.161. The van der Waals surface area contributed by atoms with Gasteiger partial charge in [-0.2, -0.15) is 15.8 Å². The maximum absolute atomic E-state index is 9.64. The number of hydrogen-bond donors (Lipinski definition) is 1. The number of nitrogens with one attached hydrogen (secondary N) is 1. The molecule has 2 aromatic heterocycles. The highest BCUT2D eigenvalue weighted by molar-refractivity contribution is 5.99. The number of hydrogen-bond acceptors (Lipinski definition) is 3. The number of fused-ring (bicyclic) bond motifs is 2. The van der Waals surface area contributed by atoms with Gasteiger partial charge in [-0.3, -0.25) is 4.40 Å². The van der Waals surface area contributed by atoms with Gasteiger partial charge in [-0.25, -0.2) is 0 Å². The van der Waals surface area contributed by atoms with Crippen molar-refractivity contribution in [1.82, 2.24) is 9.38 Å².